The summed E-state index contributed by atoms with van der Waals surface area (Å²) in [4.78, 5) is 19.8. The number of aromatic nitrogens is 2. The van der Waals surface area contributed by atoms with Crippen LogP contribution in [0.1, 0.15) is 24.4 Å². The summed E-state index contributed by atoms with van der Waals surface area (Å²) in [5.41, 5.74) is 2.22. The van der Waals surface area contributed by atoms with Gasteiger partial charge in [0.25, 0.3) is 5.91 Å². The highest BCUT2D eigenvalue weighted by atomic mass is 16.5. The first-order valence-electron chi connectivity index (χ1n) is 8.05. The Morgan fingerprint density at radius 1 is 1.31 bits per heavy atom. The number of aromatic amines is 1. The second kappa shape index (κ2) is 7.57. The topological polar surface area (TPSA) is 100 Å². The fourth-order valence-electron chi connectivity index (χ4n) is 2.53. The number of hydrogen-bond donors (Lipinski definition) is 2. The molecule has 0 saturated carbocycles. The van der Waals surface area contributed by atoms with Crippen LogP contribution in [0.5, 0.6) is 11.5 Å². The summed E-state index contributed by atoms with van der Waals surface area (Å²) in [5, 5.41) is 11.7. The lowest BCUT2D eigenvalue weighted by Gasteiger charge is -2.13. The van der Waals surface area contributed by atoms with Crippen LogP contribution in [0.2, 0.25) is 0 Å². The predicted octanol–water partition coefficient (Wildman–Crippen LogP) is 2.70. The summed E-state index contributed by atoms with van der Waals surface area (Å²) < 4.78 is 10.7. The third-order valence-corrected chi connectivity index (χ3v) is 3.85. The number of nitrogens with one attached hydrogen (secondary N) is 2. The Labute approximate surface area is 150 Å². The molecule has 7 nitrogen and oxygen atoms in total. The molecule has 3 aromatic rings. The molecule has 26 heavy (non-hydrogen) atoms. The molecule has 1 aromatic heterocycles. The molecule has 0 bridgehead atoms. The predicted molar refractivity (Wildman–Crippen MR) is 95.9 cm³/mol. The van der Waals surface area contributed by atoms with Gasteiger partial charge in [-0.05, 0) is 31.2 Å². The van der Waals surface area contributed by atoms with Crippen LogP contribution in [-0.4, -0.2) is 29.6 Å². The molecule has 2 N–H and O–H groups in total. The summed E-state index contributed by atoms with van der Waals surface area (Å²) in [7, 11) is 1.48. The third-order valence-electron chi connectivity index (χ3n) is 3.85. The standard InChI is InChI=1S/C19H18N4O3/c1-12(19-22-14-5-3-4-6-15(14)23-19)21-18(24)11-26-16-8-7-13(10-20)9-17(16)25-2/h3-9,12H,11H2,1-2H3,(H,21,24)(H,22,23). The van der Waals surface area contributed by atoms with Gasteiger partial charge in [0.15, 0.2) is 18.1 Å². The van der Waals surface area contributed by atoms with Gasteiger partial charge in [-0.25, -0.2) is 4.98 Å². The van der Waals surface area contributed by atoms with Crippen LogP contribution in [0.25, 0.3) is 11.0 Å². The fraction of sp³-hybridized carbons (Fsp3) is 0.211. The number of amides is 1. The number of ether oxygens (including phenoxy) is 2. The number of carbonyl (C=O) groups excluding carboxylic acids is 1. The van der Waals surface area contributed by atoms with E-state index in [1.165, 1.54) is 7.11 Å². The normalized spacial score (nSPS) is 11.6. The zero-order chi connectivity index (χ0) is 18.5. The van der Waals surface area contributed by atoms with Crippen molar-refractivity contribution in [3.05, 3.63) is 53.9 Å². The quantitative estimate of drug-likeness (QED) is 0.712. The molecule has 0 aliphatic carbocycles. The van der Waals surface area contributed by atoms with Crippen molar-refractivity contribution in [3.8, 4) is 17.6 Å². The number of nitrogens with zero attached hydrogens (tertiary/aromatic N) is 2. The van der Waals surface area contributed by atoms with Gasteiger partial charge in [0, 0.05) is 6.07 Å². The van der Waals surface area contributed by atoms with E-state index in [1.54, 1.807) is 18.2 Å². The number of para-hydroxylation sites is 2. The van der Waals surface area contributed by atoms with Crippen molar-refractivity contribution >= 4 is 16.9 Å². The van der Waals surface area contributed by atoms with E-state index in [4.69, 9.17) is 14.7 Å². The molecule has 1 heterocycles. The number of benzene rings is 2. The van der Waals surface area contributed by atoms with E-state index >= 15 is 0 Å². The molecule has 1 unspecified atom stereocenters. The van der Waals surface area contributed by atoms with Gasteiger partial charge in [0.05, 0.1) is 35.8 Å². The lowest BCUT2D eigenvalue weighted by atomic mass is 10.2. The molecule has 0 spiro atoms. The Bertz CT molecular complexity index is 941. The second-order valence-electron chi connectivity index (χ2n) is 5.69. The number of carbonyl (C=O) groups is 1. The highest BCUT2D eigenvalue weighted by Gasteiger charge is 2.15. The van der Waals surface area contributed by atoms with Gasteiger partial charge in [-0.2, -0.15) is 5.26 Å². The molecule has 0 aliphatic heterocycles. The second-order valence-corrected chi connectivity index (χ2v) is 5.69. The highest BCUT2D eigenvalue weighted by molar-refractivity contribution is 5.78. The summed E-state index contributed by atoms with van der Waals surface area (Å²) in [5.74, 6) is 1.19. The molecule has 0 radical (unpaired) electrons. The highest BCUT2D eigenvalue weighted by Crippen LogP contribution is 2.27. The first-order valence-corrected chi connectivity index (χ1v) is 8.05. The fourth-order valence-corrected chi connectivity index (χ4v) is 2.53. The Morgan fingerprint density at radius 3 is 2.85 bits per heavy atom. The zero-order valence-electron chi connectivity index (χ0n) is 14.4. The maximum absolute atomic E-state index is 12.2. The Balaban J connectivity index is 1.61. The number of methoxy groups -OCH3 is 1. The minimum Gasteiger partial charge on any atom is -0.493 e. The molecule has 7 heteroatoms. The molecule has 0 saturated heterocycles. The van der Waals surface area contributed by atoms with Crippen LogP contribution in [0, 0.1) is 11.3 Å². The van der Waals surface area contributed by atoms with Gasteiger partial charge < -0.3 is 19.8 Å². The first kappa shape index (κ1) is 17.3. The number of hydrogen-bond acceptors (Lipinski definition) is 5. The smallest absolute Gasteiger partial charge is 0.258 e. The van der Waals surface area contributed by atoms with E-state index in [0.717, 1.165) is 11.0 Å². The van der Waals surface area contributed by atoms with Crippen LogP contribution in [0.4, 0.5) is 0 Å². The maximum atomic E-state index is 12.2. The number of fused-ring (bicyclic) bond motifs is 1. The summed E-state index contributed by atoms with van der Waals surface area (Å²) in [6.45, 7) is 1.67. The van der Waals surface area contributed by atoms with Crippen molar-refractivity contribution < 1.29 is 14.3 Å². The van der Waals surface area contributed by atoms with Crippen molar-refractivity contribution in [2.24, 2.45) is 0 Å². The number of H-pyrrole nitrogens is 1. The van der Waals surface area contributed by atoms with E-state index in [0.29, 0.717) is 22.9 Å². The van der Waals surface area contributed by atoms with Crippen LogP contribution in [0.3, 0.4) is 0 Å². The molecular formula is C19H18N4O3. The van der Waals surface area contributed by atoms with E-state index in [2.05, 4.69) is 15.3 Å². The molecule has 1 amide bonds. The summed E-state index contributed by atoms with van der Waals surface area (Å²) >= 11 is 0. The van der Waals surface area contributed by atoms with Crippen molar-refractivity contribution in [1.82, 2.24) is 15.3 Å². The van der Waals surface area contributed by atoms with Gasteiger partial charge >= 0.3 is 0 Å². The molecule has 3 rings (SSSR count). The van der Waals surface area contributed by atoms with Gasteiger partial charge in [-0.1, -0.05) is 12.1 Å². The van der Waals surface area contributed by atoms with E-state index in [1.807, 2.05) is 37.3 Å². The van der Waals surface area contributed by atoms with Gasteiger partial charge in [-0.15, -0.1) is 0 Å². The van der Waals surface area contributed by atoms with Crippen molar-refractivity contribution in [3.63, 3.8) is 0 Å². The summed E-state index contributed by atoms with van der Waals surface area (Å²) in [6, 6.07) is 14.2. The molecule has 0 aliphatic rings. The monoisotopic (exact) mass is 350 g/mol. The lowest BCUT2D eigenvalue weighted by Crippen LogP contribution is -2.31. The minimum absolute atomic E-state index is 0.174. The van der Waals surface area contributed by atoms with Crippen LogP contribution >= 0.6 is 0 Å². The van der Waals surface area contributed by atoms with Crippen LogP contribution in [0.15, 0.2) is 42.5 Å². The van der Waals surface area contributed by atoms with Crippen molar-refractivity contribution in [2.75, 3.05) is 13.7 Å². The van der Waals surface area contributed by atoms with Crippen LogP contribution < -0.4 is 14.8 Å². The maximum Gasteiger partial charge on any atom is 0.258 e. The Morgan fingerprint density at radius 2 is 2.12 bits per heavy atom. The number of nitriles is 1. The molecular weight excluding hydrogens is 332 g/mol. The zero-order valence-corrected chi connectivity index (χ0v) is 14.4. The van der Waals surface area contributed by atoms with Gasteiger partial charge in [0.2, 0.25) is 0 Å². The SMILES string of the molecule is COc1cc(C#N)ccc1OCC(=O)NC(C)c1nc2ccccc2[nH]1. The first-order chi connectivity index (χ1) is 12.6. The average molecular weight is 350 g/mol. The van der Waals surface area contributed by atoms with Crippen molar-refractivity contribution in [2.45, 2.75) is 13.0 Å². The molecule has 1 atom stereocenters. The molecule has 132 valence electrons. The Hall–Kier alpha value is -3.53. The van der Waals surface area contributed by atoms with Crippen LogP contribution in [-0.2, 0) is 4.79 Å². The van der Waals surface area contributed by atoms with Gasteiger partial charge in [-0.3, -0.25) is 4.79 Å². The number of rotatable bonds is 6. The van der Waals surface area contributed by atoms with E-state index < -0.39 is 0 Å². The largest absolute Gasteiger partial charge is 0.493 e. The van der Waals surface area contributed by atoms with E-state index in [-0.39, 0.29) is 18.6 Å². The van der Waals surface area contributed by atoms with Crippen molar-refractivity contribution in [1.29, 1.82) is 5.26 Å². The number of imidazole rings is 1. The molecule has 2 aromatic carbocycles. The Kier molecular flexibility index (Phi) is 5.04. The molecule has 0 fully saturated rings. The summed E-state index contributed by atoms with van der Waals surface area (Å²) in [6.07, 6.45) is 0. The van der Waals surface area contributed by atoms with Gasteiger partial charge in [0.1, 0.15) is 5.82 Å². The third kappa shape index (κ3) is 3.75. The van der Waals surface area contributed by atoms with E-state index in [9.17, 15) is 4.79 Å². The lowest BCUT2D eigenvalue weighted by molar-refractivity contribution is -0.123. The minimum atomic E-state index is -0.290. The average Bonchev–Trinajstić information content (AvgIpc) is 3.10.